The first kappa shape index (κ1) is 10.7. The molecule has 0 aromatic heterocycles. The van der Waals surface area contributed by atoms with Gasteiger partial charge in [-0.25, -0.2) is 0 Å². The Bertz CT molecular complexity index is 479. The molecule has 0 bridgehead atoms. The van der Waals surface area contributed by atoms with Gasteiger partial charge in [-0.1, -0.05) is 6.07 Å². The Morgan fingerprint density at radius 3 is 2.75 bits per heavy atom. The van der Waals surface area contributed by atoms with Gasteiger partial charge in [-0.05, 0) is 36.6 Å². The standard InChI is InChI=1S/C12H13NO3/c1-6-3-7(2)11-8(5-10(14)15)12(16)13-9(11)4-6/h3-4,8H,5H2,1-2H3,(H,13,16)(H,14,15)/t8-/m0/s1. The van der Waals surface area contributed by atoms with E-state index in [1.807, 2.05) is 26.0 Å². The summed E-state index contributed by atoms with van der Waals surface area (Å²) in [6.07, 6.45) is -0.150. The highest BCUT2D eigenvalue weighted by Crippen LogP contribution is 2.37. The SMILES string of the molecule is Cc1cc(C)c2c(c1)NC(=O)[C@H]2CC(=O)O. The second-order valence-corrected chi connectivity index (χ2v) is 4.18. The van der Waals surface area contributed by atoms with Crippen molar-refractivity contribution >= 4 is 17.6 Å². The smallest absolute Gasteiger partial charge is 0.304 e. The lowest BCUT2D eigenvalue weighted by molar-refractivity contribution is -0.138. The molecule has 0 unspecified atom stereocenters. The van der Waals surface area contributed by atoms with Gasteiger partial charge in [0, 0.05) is 5.69 Å². The molecule has 0 fully saturated rings. The highest BCUT2D eigenvalue weighted by molar-refractivity contribution is 6.05. The van der Waals surface area contributed by atoms with Crippen molar-refractivity contribution in [2.24, 2.45) is 0 Å². The minimum atomic E-state index is -0.951. The van der Waals surface area contributed by atoms with Gasteiger partial charge in [0.25, 0.3) is 0 Å². The van der Waals surface area contributed by atoms with E-state index in [1.54, 1.807) is 0 Å². The van der Waals surface area contributed by atoms with E-state index in [0.717, 1.165) is 22.4 Å². The first-order valence-corrected chi connectivity index (χ1v) is 5.13. The average molecular weight is 219 g/mol. The van der Waals surface area contributed by atoms with Crippen molar-refractivity contribution in [3.63, 3.8) is 0 Å². The van der Waals surface area contributed by atoms with E-state index >= 15 is 0 Å². The molecule has 0 saturated carbocycles. The Morgan fingerprint density at radius 1 is 1.44 bits per heavy atom. The molecule has 0 spiro atoms. The van der Waals surface area contributed by atoms with Crippen LogP contribution in [-0.4, -0.2) is 17.0 Å². The van der Waals surface area contributed by atoms with Gasteiger partial charge in [0.05, 0.1) is 12.3 Å². The molecule has 1 aromatic carbocycles. The highest BCUT2D eigenvalue weighted by Gasteiger charge is 2.33. The predicted molar refractivity (Wildman–Crippen MR) is 59.5 cm³/mol. The van der Waals surface area contributed by atoms with Crippen molar-refractivity contribution in [2.45, 2.75) is 26.2 Å². The van der Waals surface area contributed by atoms with Crippen molar-refractivity contribution in [2.75, 3.05) is 5.32 Å². The van der Waals surface area contributed by atoms with Crippen LogP contribution < -0.4 is 5.32 Å². The molecule has 4 nitrogen and oxygen atoms in total. The van der Waals surface area contributed by atoms with Gasteiger partial charge >= 0.3 is 5.97 Å². The number of nitrogens with one attached hydrogen (secondary N) is 1. The normalized spacial score (nSPS) is 18.1. The van der Waals surface area contributed by atoms with Gasteiger partial charge in [-0.3, -0.25) is 9.59 Å². The van der Waals surface area contributed by atoms with Crippen molar-refractivity contribution in [3.05, 3.63) is 28.8 Å². The Hall–Kier alpha value is -1.84. The third-order valence-corrected chi connectivity index (χ3v) is 2.83. The third-order valence-electron chi connectivity index (χ3n) is 2.83. The molecule has 16 heavy (non-hydrogen) atoms. The molecule has 1 aromatic rings. The number of carbonyl (C=O) groups is 2. The van der Waals surface area contributed by atoms with Crippen LogP contribution in [0.5, 0.6) is 0 Å². The molecule has 0 aliphatic carbocycles. The fraction of sp³-hybridized carbons (Fsp3) is 0.333. The zero-order valence-corrected chi connectivity index (χ0v) is 9.20. The van der Waals surface area contributed by atoms with E-state index in [-0.39, 0.29) is 12.3 Å². The minimum absolute atomic E-state index is 0.150. The van der Waals surface area contributed by atoms with Crippen LogP contribution in [0, 0.1) is 13.8 Å². The van der Waals surface area contributed by atoms with Crippen LogP contribution in [0.1, 0.15) is 29.0 Å². The quantitative estimate of drug-likeness (QED) is 0.797. The minimum Gasteiger partial charge on any atom is -0.481 e. The number of benzene rings is 1. The Labute approximate surface area is 93.3 Å². The summed E-state index contributed by atoms with van der Waals surface area (Å²) >= 11 is 0. The van der Waals surface area contributed by atoms with Crippen LogP contribution in [-0.2, 0) is 9.59 Å². The number of amides is 1. The molecule has 2 N–H and O–H groups in total. The number of anilines is 1. The summed E-state index contributed by atoms with van der Waals surface area (Å²) in [6.45, 7) is 3.85. The maximum atomic E-state index is 11.7. The summed E-state index contributed by atoms with van der Waals surface area (Å²) in [4.78, 5) is 22.4. The molecule has 1 atom stereocenters. The first-order valence-electron chi connectivity index (χ1n) is 5.13. The molecule has 84 valence electrons. The summed E-state index contributed by atoms with van der Waals surface area (Å²) in [5.41, 5.74) is 3.62. The zero-order valence-electron chi connectivity index (χ0n) is 9.20. The Morgan fingerprint density at radius 2 is 2.12 bits per heavy atom. The first-order chi connectivity index (χ1) is 7.49. The van der Waals surface area contributed by atoms with Gasteiger partial charge in [0.15, 0.2) is 0 Å². The van der Waals surface area contributed by atoms with Crippen LogP contribution in [0.4, 0.5) is 5.69 Å². The Balaban J connectivity index is 2.48. The van der Waals surface area contributed by atoms with Crippen LogP contribution in [0.2, 0.25) is 0 Å². The number of rotatable bonds is 2. The van der Waals surface area contributed by atoms with Gasteiger partial charge in [-0.2, -0.15) is 0 Å². The van der Waals surface area contributed by atoms with Gasteiger partial charge in [-0.15, -0.1) is 0 Å². The summed E-state index contributed by atoms with van der Waals surface area (Å²) < 4.78 is 0. The molecule has 1 aliphatic rings. The maximum absolute atomic E-state index is 11.7. The molecule has 0 radical (unpaired) electrons. The van der Waals surface area contributed by atoms with E-state index in [4.69, 9.17) is 5.11 Å². The average Bonchev–Trinajstić information content (AvgIpc) is 2.41. The maximum Gasteiger partial charge on any atom is 0.304 e. The number of carboxylic acids is 1. The number of hydrogen-bond donors (Lipinski definition) is 2. The van der Waals surface area contributed by atoms with E-state index in [0.29, 0.717) is 0 Å². The molecule has 1 aliphatic heterocycles. The lowest BCUT2D eigenvalue weighted by Gasteiger charge is -2.09. The fourth-order valence-corrected chi connectivity index (χ4v) is 2.27. The summed E-state index contributed by atoms with van der Waals surface area (Å²) in [7, 11) is 0. The van der Waals surface area contributed by atoms with E-state index in [2.05, 4.69) is 5.32 Å². The molecule has 2 rings (SSSR count). The second kappa shape index (κ2) is 3.63. The number of carboxylic acid groups (broad SMARTS) is 1. The van der Waals surface area contributed by atoms with Gasteiger partial charge in [0.2, 0.25) is 5.91 Å². The molecule has 1 heterocycles. The number of aryl methyl sites for hydroxylation is 2. The van der Waals surface area contributed by atoms with Crippen molar-refractivity contribution in [3.8, 4) is 0 Å². The molecular weight excluding hydrogens is 206 g/mol. The van der Waals surface area contributed by atoms with Crippen LogP contribution in [0.25, 0.3) is 0 Å². The summed E-state index contributed by atoms with van der Waals surface area (Å²) in [6, 6.07) is 3.84. The van der Waals surface area contributed by atoms with Crippen LogP contribution >= 0.6 is 0 Å². The van der Waals surface area contributed by atoms with Crippen LogP contribution in [0.15, 0.2) is 12.1 Å². The third kappa shape index (κ3) is 1.66. The number of aliphatic carboxylic acids is 1. The fourth-order valence-electron chi connectivity index (χ4n) is 2.27. The largest absolute Gasteiger partial charge is 0.481 e. The zero-order chi connectivity index (χ0) is 11.9. The van der Waals surface area contributed by atoms with E-state index in [1.165, 1.54) is 0 Å². The summed E-state index contributed by atoms with van der Waals surface area (Å²) in [5.74, 6) is -1.72. The van der Waals surface area contributed by atoms with Gasteiger partial charge < -0.3 is 10.4 Å². The summed E-state index contributed by atoms with van der Waals surface area (Å²) in [5, 5.41) is 11.5. The molecular formula is C12H13NO3. The van der Waals surface area contributed by atoms with Gasteiger partial charge in [0.1, 0.15) is 0 Å². The van der Waals surface area contributed by atoms with E-state index < -0.39 is 11.9 Å². The molecule has 0 saturated heterocycles. The lowest BCUT2D eigenvalue weighted by Crippen LogP contribution is -2.15. The second-order valence-electron chi connectivity index (χ2n) is 4.18. The molecule has 4 heteroatoms. The van der Waals surface area contributed by atoms with Crippen molar-refractivity contribution < 1.29 is 14.7 Å². The number of fused-ring (bicyclic) bond motifs is 1. The lowest BCUT2D eigenvalue weighted by atomic mass is 9.92. The van der Waals surface area contributed by atoms with E-state index in [9.17, 15) is 9.59 Å². The topological polar surface area (TPSA) is 66.4 Å². The monoisotopic (exact) mass is 219 g/mol. The predicted octanol–water partition coefficient (Wildman–Crippen LogP) is 1.81. The number of carbonyl (C=O) groups excluding carboxylic acids is 1. The van der Waals surface area contributed by atoms with Crippen molar-refractivity contribution in [1.29, 1.82) is 0 Å². The number of hydrogen-bond acceptors (Lipinski definition) is 2. The Kier molecular flexibility index (Phi) is 2.42. The van der Waals surface area contributed by atoms with Crippen LogP contribution in [0.3, 0.4) is 0 Å². The molecule has 1 amide bonds. The van der Waals surface area contributed by atoms with Crippen molar-refractivity contribution in [1.82, 2.24) is 0 Å². The highest BCUT2D eigenvalue weighted by atomic mass is 16.4.